The normalized spacial score (nSPS) is 10.2. The Balaban J connectivity index is 2.18. The zero-order chi connectivity index (χ0) is 12.5. The van der Waals surface area contributed by atoms with Gasteiger partial charge in [-0.3, -0.25) is 4.79 Å². The molecule has 0 saturated carbocycles. The number of nitrogens with zero attached hydrogens (tertiary/aromatic N) is 2. The van der Waals surface area contributed by atoms with E-state index in [0.717, 1.165) is 25.7 Å². The van der Waals surface area contributed by atoms with Crippen LogP contribution in [-0.2, 0) is 4.79 Å². The Labute approximate surface area is 106 Å². The number of aromatic nitrogens is 2. The first-order chi connectivity index (χ1) is 8.22. The maximum absolute atomic E-state index is 11.5. The Morgan fingerprint density at radius 3 is 2.65 bits per heavy atom. The number of anilines is 1. The molecule has 1 rings (SSSR count). The van der Waals surface area contributed by atoms with Crippen LogP contribution < -0.4 is 11.1 Å². The molecular weight excluding hydrogens is 240 g/mol. The molecule has 0 spiro atoms. The van der Waals surface area contributed by atoms with Gasteiger partial charge in [0.2, 0.25) is 5.91 Å². The summed E-state index contributed by atoms with van der Waals surface area (Å²) in [6, 6.07) is 3.22. The van der Waals surface area contributed by atoms with Gasteiger partial charge in [0.05, 0.1) is 0 Å². The van der Waals surface area contributed by atoms with Crippen molar-refractivity contribution in [1.29, 1.82) is 0 Å². The van der Waals surface area contributed by atoms with Crippen LogP contribution in [0.25, 0.3) is 0 Å². The number of carbonyl (C=O) groups is 1. The third-order valence-electron chi connectivity index (χ3n) is 2.26. The van der Waals surface area contributed by atoms with E-state index in [2.05, 4.69) is 15.5 Å². The lowest BCUT2D eigenvalue weighted by atomic mass is 10.1. The van der Waals surface area contributed by atoms with E-state index in [-0.39, 0.29) is 5.91 Å². The predicted octanol–water partition coefficient (Wildman–Crippen LogP) is 1.98. The summed E-state index contributed by atoms with van der Waals surface area (Å²) in [5, 5.41) is 10.4. The Kier molecular flexibility index (Phi) is 6.50. The smallest absolute Gasteiger partial charge is 0.225 e. The SMILES string of the molecule is NCCCCCCC(=O)Nc1ccc(Cl)nn1. The minimum Gasteiger partial charge on any atom is -0.330 e. The number of hydrogen-bond donors (Lipinski definition) is 2. The van der Waals surface area contributed by atoms with E-state index >= 15 is 0 Å². The summed E-state index contributed by atoms with van der Waals surface area (Å²) in [4.78, 5) is 11.5. The van der Waals surface area contributed by atoms with Crippen molar-refractivity contribution in [3.05, 3.63) is 17.3 Å². The van der Waals surface area contributed by atoms with Gasteiger partial charge in [-0.25, -0.2) is 0 Å². The average Bonchev–Trinajstić information content (AvgIpc) is 2.32. The molecule has 0 aromatic carbocycles. The molecule has 94 valence electrons. The molecule has 1 heterocycles. The molecule has 5 nitrogen and oxygen atoms in total. The molecule has 0 bridgehead atoms. The van der Waals surface area contributed by atoms with Crippen LogP contribution in [0.15, 0.2) is 12.1 Å². The molecule has 17 heavy (non-hydrogen) atoms. The van der Waals surface area contributed by atoms with Gasteiger partial charge in [0.1, 0.15) is 0 Å². The van der Waals surface area contributed by atoms with E-state index in [1.54, 1.807) is 12.1 Å². The van der Waals surface area contributed by atoms with Crippen LogP contribution in [0.3, 0.4) is 0 Å². The molecule has 0 radical (unpaired) electrons. The fraction of sp³-hybridized carbons (Fsp3) is 0.545. The number of carbonyl (C=O) groups excluding carboxylic acids is 1. The van der Waals surface area contributed by atoms with Gasteiger partial charge >= 0.3 is 0 Å². The first-order valence-corrected chi connectivity index (χ1v) is 6.09. The van der Waals surface area contributed by atoms with Crippen molar-refractivity contribution in [2.45, 2.75) is 32.1 Å². The van der Waals surface area contributed by atoms with Gasteiger partial charge in [0.15, 0.2) is 11.0 Å². The summed E-state index contributed by atoms with van der Waals surface area (Å²) in [6.45, 7) is 0.715. The number of unbranched alkanes of at least 4 members (excludes halogenated alkanes) is 3. The molecule has 0 fully saturated rings. The van der Waals surface area contributed by atoms with Crippen molar-refractivity contribution >= 4 is 23.3 Å². The summed E-state index contributed by atoms with van der Waals surface area (Å²) in [7, 11) is 0. The van der Waals surface area contributed by atoms with E-state index in [0.29, 0.717) is 23.9 Å². The van der Waals surface area contributed by atoms with Gasteiger partial charge in [-0.2, -0.15) is 0 Å². The second-order valence-corrected chi connectivity index (χ2v) is 4.13. The number of amides is 1. The van der Waals surface area contributed by atoms with E-state index in [1.165, 1.54) is 0 Å². The zero-order valence-electron chi connectivity index (χ0n) is 9.66. The first kappa shape index (κ1) is 13.9. The van der Waals surface area contributed by atoms with Crippen LogP contribution in [0.2, 0.25) is 5.15 Å². The minimum atomic E-state index is -0.0469. The van der Waals surface area contributed by atoms with Crippen LogP contribution in [0.4, 0.5) is 5.82 Å². The zero-order valence-corrected chi connectivity index (χ0v) is 10.4. The molecule has 0 aliphatic rings. The van der Waals surface area contributed by atoms with Crippen molar-refractivity contribution < 1.29 is 4.79 Å². The van der Waals surface area contributed by atoms with Crippen LogP contribution >= 0.6 is 11.6 Å². The Hall–Kier alpha value is -1.20. The third-order valence-corrected chi connectivity index (χ3v) is 2.46. The van der Waals surface area contributed by atoms with Crippen molar-refractivity contribution in [1.82, 2.24) is 10.2 Å². The van der Waals surface area contributed by atoms with Crippen molar-refractivity contribution in [3.8, 4) is 0 Å². The quantitative estimate of drug-likeness (QED) is 0.731. The lowest BCUT2D eigenvalue weighted by molar-refractivity contribution is -0.116. The Morgan fingerprint density at radius 2 is 2.00 bits per heavy atom. The number of nitrogens with two attached hydrogens (primary N) is 1. The van der Waals surface area contributed by atoms with Crippen LogP contribution in [0.5, 0.6) is 0 Å². The Bertz CT molecular complexity index is 342. The molecular formula is C11H17ClN4O. The molecule has 0 saturated heterocycles. The number of nitrogens with one attached hydrogen (secondary N) is 1. The monoisotopic (exact) mass is 256 g/mol. The number of halogens is 1. The van der Waals surface area contributed by atoms with Crippen molar-refractivity contribution in [3.63, 3.8) is 0 Å². The Morgan fingerprint density at radius 1 is 1.24 bits per heavy atom. The van der Waals surface area contributed by atoms with Crippen LogP contribution in [0.1, 0.15) is 32.1 Å². The molecule has 0 unspecified atom stereocenters. The van der Waals surface area contributed by atoms with Crippen LogP contribution in [0, 0.1) is 0 Å². The van der Waals surface area contributed by atoms with Gasteiger partial charge in [-0.1, -0.05) is 24.4 Å². The topological polar surface area (TPSA) is 80.9 Å². The van der Waals surface area contributed by atoms with Gasteiger partial charge in [0, 0.05) is 6.42 Å². The summed E-state index contributed by atoms with van der Waals surface area (Å²) >= 11 is 5.58. The molecule has 6 heteroatoms. The second kappa shape index (κ2) is 7.97. The highest BCUT2D eigenvalue weighted by molar-refractivity contribution is 6.29. The highest BCUT2D eigenvalue weighted by Crippen LogP contribution is 2.08. The molecule has 1 amide bonds. The van der Waals surface area contributed by atoms with Gasteiger partial charge in [0.25, 0.3) is 0 Å². The largest absolute Gasteiger partial charge is 0.330 e. The summed E-state index contributed by atoms with van der Waals surface area (Å²) in [5.74, 6) is 0.385. The molecule has 1 aromatic heterocycles. The fourth-order valence-corrected chi connectivity index (χ4v) is 1.47. The highest BCUT2D eigenvalue weighted by Gasteiger charge is 2.03. The summed E-state index contributed by atoms with van der Waals surface area (Å²) in [6.07, 6.45) is 4.48. The summed E-state index contributed by atoms with van der Waals surface area (Å²) in [5.41, 5.74) is 5.38. The molecule has 0 atom stereocenters. The minimum absolute atomic E-state index is 0.0469. The fourth-order valence-electron chi connectivity index (χ4n) is 1.37. The van der Waals surface area contributed by atoms with Crippen LogP contribution in [-0.4, -0.2) is 22.6 Å². The molecule has 1 aromatic rings. The third kappa shape index (κ3) is 6.19. The lowest BCUT2D eigenvalue weighted by Gasteiger charge is -2.03. The molecule has 0 aliphatic carbocycles. The highest BCUT2D eigenvalue weighted by atomic mass is 35.5. The first-order valence-electron chi connectivity index (χ1n) is 5.71. The van der Waals surface area contributed by atoms with E-state index < -0.39 is 0 Å². The van der Waals surface area contributed by atoms with Crippen molar-refractivity contribution in [2.75, 3.05) is 11.9 Å². The number of rotatable bonds is 7. The number of hydrogen-bond acceptors (Lipinski definition) is 4. The lowest BCUT2D eigenvalue weighted by Crippen LogP contribution is -2.12. The maximum Gasteiger partial charge on any atom is 0.225 e. The maximum atomic E-state index is 11.5. The molecule has 3 N–H and O–H groups in total. The second-order valence-electron chi connectivity index (χ2n) is 3.74. The van der Waals surface area contributed by atoms with E-state index in [1.807, 2.05) is 0 Å². The van der Waals surface area contributed by atoms with Crippen molar-refractivity contribution in [2.24, 2.45) is 5.73 Å². The predicted molar refractivity (Wildman–Crippen MR) is 67.8 cm³/mol. The van der Waals surface area contributed by atoms with E-state index in [4.69, 9.17) is 17.3 Å². The van der Waals surface area contributed by atoms with Gasteiger partial charge in [-0.15, -0.1) is 10.2 Å². The molecule has 0 aliphatic heterocycles. The van der Waals surface area contributed by atoms with Gasteiger partial charge < -0.3 is 11.1 Å². The van der Waals surface area contributed by atoms with Gasteiger partial charge in [-0.05, 0) is 31.5 Å². The van der Waals surface area contributed by atoms with E-state index in [9.17, 15) is 4.79 Å². The summed E-state index contributed by atoms with van der Waals surface area (Å²) < 4.78 is 0. The average molecular weight is 257 g/mol. The standard InChI is InChI=1S/C11H17ClN4O/c12-9-6-7-10(16-15-9)14-11(17)5-3-1-2-4-8-13/h6-7H,1-5,8,13H2,(H,14,16,17).